The molecule has 0 saturated carbocycles. The van der Waals surface area contributed by atoms with Crippen LogP contribution in [0.5, 0.6) is 0 Å². The third-order valence-corrected chi connectivity index (χ3v) is 6.21. The Labute approximate surface area is 187 Å². The van der Waals surface area contributed by atoms with Crippen LogP contribution in [0.25, 0.3) is 5.76 Å². The van der Waals surface area contributed by atoms with Gasteiger partial charge in [-0.25, -0.2) is 4.39 Å². The van der Waals surface area contributed by atoms with Gasteiger partial charge < -0.3 is 5.11 Å². The van der Waals surface area contributed by atoms with Crippen molar-refractivity contribution in [3.8, 4) is 0 Å². The summed E-state index contributed by atoms with van der Waals surface area (Å²) in [7, 11) is 0. The first-order valence-electron chi connectivity index (χ1n) is 9.67. The Kier molecular flexibility index (Phi) is 5.50. The van der Waals surface area contributed by atoms with Gasteiger partial charge in [0.1, 0.15) is 11.6 Å². The van der Waals surface area contributed by atoms with Gasteiger partial charge in [-0.15, -0.1) is 0 Å². The zero-order chi connectivity index (χ0) is 22.3. The Morgan fingerprint density at radius 1 is 1.00 bits per heavy atom. The minimum Gasteiger partial charge on any atom is -0.507 e. The number of hydrogen-bond donors (Lipinski definition) is 1. The average Bonchev–Trinajstić information content (AvgIpc) is 3.00. The summed E-state index contributed by atoms with van der Waals surface area (Å²) < 4.78 is 14.8. The van der Waals surface area contributed by atoms with Crippen LogP contribution >= 0.6 is 15.9 Å². The third-order valence-electron chi connectivity index (χ3n) is 5.32. The molecule has 1 amide bonds. The Morgan fingerprint density at radius 3 is 2.42 bits per heavy atom. The molecular formula is C25H19BrFNO3. The monoisotopic (exact) mass is 479 g/mol. The van der Waals surface area contributed by atoms with E-state index in [1.807, 2.05) is 32.0 Å². The minimum absolute atomic E-state index is 0.0263. The van der Waals surface area contributed by atoms with Crippen molar-refractivity contribution in [2.24, 2.45) is 0 Å². The van der Waals surface area contributed by atoms with Crippen molar-refractivity contribution in [1.29, 1.82) is 0 Å². The number of carbonyl (C=O) groups is 2. The second kappa shape index (κ2) is 8.12. The molecule has 6 heteroatoms. The molecule has 1 heterocycles. The molecule has 0 spiro atoms. The van der Waals surface area contributed by atoms with Crippen LogP contribution in [0.4, 0.5) is 10.1 Å². The summed E-state index contributed by atoms with van der Waals surface area (Å²) >= 11 is 3.42. The lowest BCUT2D eigenvalue weighted by Crippen LogP contribution is -2.29. The Hall–Kier alpha value is -3.25. The largest absolute Gasteiger partial charge is 0.507 e. The van der Waals surface area contributed by atoms with Crippen molar-refractivity contribution in [1.82, 2.24) is 0 Å². The molecule has 0 radical (unpaired) electrons. The number of benzene rings is 3. The van der Waals surface area contributed by atoms with Crippen LogP contribution in [-0.4, -0.2) is 16.8 Å². The van der Waals surface area contributed by atoms with Gasteiger partial charge in [0.2, 0.25) is 0 Å². The quantitative estimate of drug-likeness (QED) is 0.292. The number of anilines is 1. The lowest BCUT2D eigenvalue weighted by Gasteiger charge is -2.25. The molecule has 1 saturated heterocycles. The number of nitrogens with zero attached hydrogens (tertiary/aromatic N) is 1. The van der Waals surface area contributed by atoms with Gasteiger partial charge >= 0.3 is 0 Å². The number of Topliss-reactive ketones (excluding diaryl/α,β-unsaturated/α-hetero) is 1. The fourth-order valence-electron chi connectivity index (χ4n) is 3.83. The molecule has 0 aliphatic carbocycles. The molecule has 1 aliphatic heterocycles. The zero-order valence-corrected chi connectivity index (χ0v) is 18.5. The topological polar surface area (TPSA) is 57.6 Å². The Bertz CT molecular complexity index is 1250. The van der Waals surface area contributed by atoms with E-state index in [-0.39, 0.29) is 17.0 Å². The number of aliphatic hydroxyl groups is 1. The molecule has 1 atom stereocenters. The average molecular weight is 480 g/mol. The van der Waals surface area contributed by atoms with Gasteiger partial charge in [-0.3, -0.25) is 14.5 Å². The summed E-state index contributed by atoms with van der Waals surface area (Å²) in [4.78, 5) is 27.4. The highest BCUT2D eigenvalue weighted by Crippen LogP contribution is 2.42. The first-order valence-corrected chi connectivity index (χ1v) is 10.5. The third kappa shape index (κ3) is 3.79. The summed E-state index contributed by atoms with van der Waals surface area (Å²) in [5.74, 6) is -2.41. The lowest BCUT2D eigenvalue weighted by atomic mass is 9.94. The first kappa shape index (κ1) is 21.0. The first-order chi connectivity index (χ1) is 14.8. The van der Waals surface area contributed by atoms with Crippen LogP contribution in [0.15, 0.2) is 76.8 Å². The molecule has 3 aromatic rings. The predicted molar refractivity (Wildman–Crippen MR) is 121 cm³/mol. The fraction of sp³-hybridized carbons (Fsp3) is 0.120. The number of carbonyl (C=O) groups excluding carboxylic acids is 2. The second-order valence-electron chi connectivity index (χ2n) is 7.53. The maximum absolute atomic E-state index is 14.0. The number of ketones is 1. The highest BCUT2D eigenvalue weighted by molar-refractivity contribution is 9.10. The maximum Gasteiger partial charge on any atom is 0.300 e. The number of halogens is 2. The van der Waals surface area contributed by atoms with E-state index >= 15 is 0 Å². The number of aliphatic hydroxyl groups excluding tert-OH is 1. The van der Waals surface area contributed by atoms with E-state index < -0.39 is 23.5 Å². The van der Waals surface area contributed by atoms with Crippen molar-refractivity contribution >= 4 is 39.1 Å². The summed E-state index contributed by atoms with van der Waals surface area (Å²) in [6.07, 6.45) is 0. The standard InChI is InChI=1S/C25H19BrFNO3/c1-14-5-3-6-16(11-14)22-21(23(29)17-9-10-20(26)15(2)12-17)24(30)25(31)28(22)19-8-4-7-18(27)13-19/h3-13,22,29H,1-2H3/b23-21+. The molecule has 156 valence electrons. The van der Waals surface area contributed by atoms with E-state index in [9.17, 15) is 19.1 Å². The molecule has 3 aromatic carbocycles. The summed E-state index contributed by atoms with van der Waals surface area (Å²) in [5, 5.41) is 11.1. The summed E-state index contributed by atoms with van der Waals surface area (Å²) in [6.45, 7) is 3.76. The van der Waals surface area contributed by atoms with Crippen LogP contribution in [0.1, 0.15) is 28.3 Å². The highest BCUT2D eigenvalue weighted by atomic mass is 79.9. The van der Waals surface area contributed by atoms with Crippen LogP contribution in [0.3, 0.4) is 0 Å². The van der Waals surface area contributed by atoms with Crippen molar-refractivity contribution in [3.05, 3.63) is 105 Å². The number of amides is 1. The molecule has 1 unspecified atom stereocenters. The van der Waals surface area contributed by atoms with E-state index in [0.29, 0.717) is 11.1 Å². The van der Waals surface area contributed by atoms with Gasteiger partial charge in [-0.2, -0.15) is 0 Å². The highest BCUT2D eigenvalue weighted by Gasteiger charge is 2.47. The van der Waals surface area contributed by atoms with Gasteiger partial charge in [0.05, 0.1) is 11.6 Å². The SMILES string of the molecule is Cc1cccc(C2/C(=C(\O)c3ccc(Br)c(C)c3)C(=O)C(=O)N2c2cccc(F)c2)c1. The predicted octanol–water partition coefficient (Wildman–Crippen LogP) is 5.83. The molecule has 0 bridgehead atoms. The molecular weight excluding hydrogens is 461 g/mol. The molecule has 1 aliphatic rings. The molecule has 31 heavy (non-hydrogen) atoms. The van der Waals surface area contributed by atoms with Crippen molar-refractivity contribution in [3.63, 3.8) is 0 Å². The minimum atomic E-state index is -0.884. The van der Waals surface area contributed by atoms with Gasteiger partial charge in [0.25, 0.3) is 11.7 Å². The van der Waals surface area contributed by atoms with Crippen LogP contribution in [0, 0.1) is 19.7 Å². The number of rotatable bonds is 3. The second-order valence-corrected chi connectivity index (χ2v) is 8.38. The van der Waals surface area contributed by atoms with Crippen molar-refractivity contribution in [2.45, 2.75) is 19.9 Å². The van der Waals surface area contributed by atoms with Gasteiger partial charge in [-0.1, -0.05) is 57.9 Å². The van der Waals surface area contributed by atoms with Gasteiger partial charge in [0, 0.05) is 15.7 Å². The van der Waals surface area contributed by atoms with Gasteiger partial charge in [0.15, 0.2) is 0 Å². The van der Waals surface area contributed by atoms with E-state index in [0.717, 1.165) is 15.6 Å². The molecule has 0 aromatic heterocycles. The fourth-order valence-corrected chi connectivity index (χ4v) is 4.07. The van der Waals surface area contributed by atoms with E-state index in [4.69, 9.17) is 0 Å². The Morgan fingerprint density at radius 2 is 1.74 bits per heavy atom. The molecule has 4 rings (SSSR count). The summed E-state index contributed by atoms with van der Waals surface area (Å²) in [5.41, 5.74) is 3.10. The van der Waals surface area contributed by atoms with Crippen molar-refractivity contribution in [2.75, 3.05) is 4.90 Å². The normalized spacial score (nSPS) is 17.9. The van der Waals surface area contributed by atoms with Crippen LogP contribution in [0.2, 0.25) is 0 Å². The zero-order valence-electron chi connectivity index (χ0n) is 16.9. The molecule has 4 nitrogen and oxygen atoms in total. The molecule has 1 fully saturated rings. The smallest absolute Gasteiger partial charge is 0.300 e. The lowest BCUT2D eigenvalue weighted by molar-refractivity contribution is -0.132. The Balaban J connectivity index is 1.97. The summed E-state index contributed by atoms with van der Waals surface area (Å²) in [6, 6.07) is 17.2. The molecule has 1 N–H and O–H groups in total. The van der Waals surface area contributed by atoms with Crippen LogP contribution in [-0.2, 0) is 9.59 Å². The van der Waals surface area contributed by atoms with Crippen LogP contribution < -0.4 is 4.90 Å². The maximum atomic E-state index is 14.0. The van der Waals surface area contributed by atoms with E-state index in [1.54, 1.807) is 30.3 Å². The van der Waals surface area contributed by atoms with E-state index in [2.05, 4.69) is 15.9 Å². The number of aryl methyl sites for hydroxylation is 2. The number of hydrogen-bond acceptors (Lipinski definition) is 3. The van der Waals surface area contributed by atoms with Gasteiger partial charge in [-0.05, 0) is 55.3 Å². The van der Waals surface area contributed by atoms with E-state index in [1.165, 1.54) is 23.1 Å². The van der Waals surface area contributed by atoms with Crippen molar-refractivity contribution < 1.29 is 19.1 Å².